The highest BCUT2D eigenvalue weighted by Gasteiger charge is 2.35. The molecule has 3 aromatic rings. The summed E-state index contributed by atoms with van der Waals surface area (Å²) < 4.78 is 0. The number of rotatable bonds is 6. The highest BCUT2D eigenvalue weighted by atomic mass is 35.5. The number of halogens is 1. The van der Waals surface area contributed by atoms with Gasteiger partial charge in [0, 0.05) is 23.5 Å². The fourth-order valence-corrected chi connectivity index (χ4v) is 4.58. The van der Waals surface area contributed by atoms with Gasteiger partial charge in [-0.3, -0.25) is 19.5 Å². The van der Waals surface area contributed by atoms with E-state index in [1.165, 1.54) is 34.8 Å². The van der Waals surface area contributed by atoms with E-state index in [4.69, 9.17) is 11.6 Å². The van der Waals surface area contributed by atoms with Crippen LogP contribution in [0.25, 0.3) is 0 Å². The number of nitrogens with one attached hydrogen (secondary N) is 1. The Morgan fingerprint density at radius 3 is 2.53 bits per heavy atom. The topological polar surface area (TPSA) is 75.2 Å². The molecule has 2 amide bonds. The van der Waals surface area contributed by atoms with Crippen molar-refractivity contribution >= 4 is 39.8 Å². The molecule has 4 rings (SSSR count). The van der Waals surface area contributed by atoms with Crippen LogP contribution in [0.2, 0.25) is 5.02 Å². The normalized spacial score (nSPS) is 15.0. The molecule has 1 saturated carbocycles. The van der Waals surface area contributed by atoms with E-state index < -0.39 is 6.04 Å². The Labute approximate surface area is 183 Å². The zero-order valence-electron chi connectivity index (χ0n) is 16.2. The summed E-state index contributed by atoms with van der Waals surface area (Å²) in [5, 5.41) is 6.24. The van der Waals surface area contributed by atoms with Gasteiger partial charge in [0.15, 0.2) is 0 Å². The second-order valence-corrected chi connectivity index (χ2v) is 8.52. The lowest BCUT2D eigenvalue weighted by molar-refractivity contribution is -0.123. The highest BCUT2D eigenvalue weighted by Crippen LogP contribution is 2.33. The molecular formula is C22H21ClN4O2S. The molecule has 1 aliphatic rings. The quantitative estimate of drug-likeness (QED) is 0.606. The minimum atomic E-state index is -0.851. The molecule has 0 bridgehead atoms. The molecule has 1 fully saturated rings. The maximum atomic E-state index is 13.5. The molecule has 0 unspecified atom stereocenters. The Balaban J connectivity index is 1.76. The molecule has 0 saturated heterocycles. The zero-order chi connectivity index (χ0) is 20.9. The van der Waals surface area contributed by atoms with Gasteiger partial charge in [0.05, 0.1) is 11.2 Å². The molecule has 1 atom stereocenters. The highest BCUT2D eigenvalue weighted by molar-refractivity contribution is 7.14. The molecule has 154 valence electrons. The summed E-state index contributed by atoms with van der Waals surface area (Å²) in [5.74, 6) is -0.595. The van der Waals surface area contributed by atoms with E-state index in [0.29, 0.717) is 15.6 Å². The van der Waals surface area contributed by atoms with Gasteiger partial charge in [-0.25, -0.2) is 4.98 Å². The van der Waals surface area contributed by atoms with E-state index in [9.17, 15) is 9.59 Å². The van der Waals surface area contributed by atoms with Crippen molar-refractivity contribution in [3.63, 3.8) is 0 Å². The predicted molar refractivity (Wildman–Crippen MR) is 118 cm³/mol. The molecule has 1 aromatic carbocycles. The van der Waals surface area contributed by atoms with Gasteiger partial charge in [0.2, 0.25) is 5.91 Å². The number of benzene rings is 1. The van der Waals surface area contributed by atoms with Crippen LogP contribution in [0, 0.1) is 0 Å². The molecule has 1 aliphatic carbocycles. The average Bonchev–Trinajstić information content (AvgIpc) is 3.47. The number of thiophene rings is 1. The Morgan fingerprint density at radius 1 is 1.13 bits per heavy atom. The fraction of sp³-hybridized carbons (Fsp3) is 0.273. The van der Waals surface area contributed by atoms with E-state index in [1.807, 2.05) is 17.5 Å². The average molecular weight is 441 g/mol. The molecule has 2 aromatic heterocycles. The first-order valence-corrected chi connectivity index (χ1v) is 11.1. The monoisotopic (exact) mass is 440 g/mol. The summed E-state index contributed by atoms with van der Waals surface area (Å²) in [7, 11) is 0. The van der Waals surface area contributed by atoms with Gasteiger partial charge < -0.3 is 5.32 Å². The predicted octanol–water partition coefficient (Wildman–Crippen LogP) is 4.64. The minimum Gasteiger partial charge on any atom is -0.351 e. The molecule has 0 spiro atoms. The standard InChI is InChI=1S/C22H21ClN4O2S/c23-16-9-7-15(8-10-16)20(21(28)26-17-4-1-2-5-17)27(19-6-3-13-30-19)22(29)18-14-24-11-12-25-18/h3,6-14,17,20H,1-2,4-5H2,(H,26,28)/t20-/m0/s1. The van der Waals surface area contributed by atoms with Gasteiger partial charge in [-0.2, -0.15) is 0 Å². The summed E-state index contributed by atoms with van der Waals surface area (Å²) >= 11 is 7.46. The van der Waals surface area contributed by atoms with Gasteiger partial charge in [-0.05, 0) is 48.1 Å². The Kier molecular flexibility index (Phi) is 6.40. The smallest absolute Gasteiger partial charge is 0.280 e. The molecule has 1 N–H and O–H groups in total. The Morgan fingerprint density at radius 2 is 1.90 bits per heavy atom. The van der Waals surface area contributed by atoms with Crippen molar-refractivity contribution in [2.24, 2.45) is 0 Å². The van der Waals surface area contributed by atoms with Crippen molar-refractivity contribution in [2.45, 2.75) is 37.8 Å². The van der Waals surface area contributed by atoms with Gasteiger partial charge >= 0.3 is 0 Å². The van der Waals surface area contributed by atoms with Crippen LogP contribution in [-0.4, -0.2) is 27.8 Å². The van der Waals surface area contributed by atoms with Crippen molar-refractivity contribution in [2.75, 3.05) is 4.90 Å². The van der Waals surface area contributed by atoms with Crippen LogP contribution in [0.15, 0.2) is 60.4 Å². The van der Waals surface area contributed by atoms with Crippen LogP contribution in [-0.2, 0) is 4.79 Å². The Bertz CT molecular complexity index is 990. The fourth-order valence-electron chi connectivity index (χ4n) is 3.70. The van der Waals surface area contributed by atoms with Crippen LogP contribution in [0.3, 0.4) is 0 Å². The van der Waals surface area contributed by atoms with E-state index in [-0.39, 0.29) is 23.6 Å². The summed E-state index contributed by atoms with van der Waals surface area (Å²) in [4.78, 5) is 36.7. The molecule has 2 heterocycles. The van der Waals surface area contributed by atoms with Gasteiger partial charge in [-0.15, -0.1) is 11.3 Å². The van der Waals surface area contributed by atoms with E-state index >= 15 is 0 Å². The Hall–Kier alpha value is -2.77. The van der Waals surface area contributed by atoms with Crippen LogP contribution in [0.1, 0.15) is 47.8 Å². The van der Waals surface area contributed by atoms with Crippen LogP contribution < -0.4 is 10.2 Å². The van der Waals surface area contributed by atoms with Crippen LogP contribution >= 0.6 is 22.9 Å². The third-order valence-electron chi connectivity index (χ3n) is 5.14. The van der Waals surface area contributed by atoms with Gasteiger partial charge in [0.1, 0.15) is 11.7 Å². The SMILES string of the molecule is O=C(NC1CCCC1)[C@H](c1ccc(Cl)cc1)N(C(=O)c1cnccn1)c1cccs1. The summed E-state index contributed by atoms with van der Waals surface area (Å²) in [6.07, 6.45) is 8.50. The summed E-state index contributed by atoms with van der Waals surface area (Å²) in [6.45, 7) is 0. The molecule has 0 aliphatic heterocycles. The minimum absolute atomic E-state index is 0.129. The zero-order valence-corrected chi connectivity index (χ0v) is 17.8. The van der Waals surface area contributed by atoms with Gasteiger partial charge in [0.25, 0.3) is 5.91 Å². The maximum Gasteiger partial charge on any atom is 0.280 e. The number of anilines is 1. The largest absolute Gasteiger partial charge is 0.351 e. The summed E-state index contributed by atoms with van der Waals surface area (Å²) in [6, 6.07) is 9.98. The van der Waals surface area contributed by atoms with Crippen molar-refractivity contribution in [3.05, 3.63) is 76.6 Å². The lowest BCUT2D eigenvalue weighted by Gasteiger charge is -2.31. The summed E-state index contributed by atoms with van der Waals surface area (Å²) in [5.41, 5.74) is 0.860. The number of carbonyl (C=O) groups is 2. The third-order valence-corrected chi connectivity index (χ3v) is 6.26. The lowest BCUT2D eigenvalue weighted by atomic mass is 10.0. The number of carbonyl (C=O) groups excluding carboxylic acids is 2. The van der Waals surface area contributed by atoms with Crippen molar-refractivity contribution in [1.82, 2.24) is 15.3 Å². The number of hydrogen-bond acceptors (Lipinski definition) is 5. The van der Waals surface area contributed by atoms with Crippen molar-refractivity contribution in [1.29, 1.82) is 0 Å². The second kappa shape index (κ2) is 9.36. The second-order valence-electron chi connectivity index (χ2n) is 7.16. The maximum absolute atomic E-state index is 13.5. The molecular weight excluding hydrogens is 420 g/mol. The number of aromatic nitrogens is 2. The van der Waals surface area contributed by atoms with E-state index in [0.717, 1.165) is 25.7 Å². The molecule has 0 radical (unpaired) electrons. The molecule has 6 nitrogen and oxygen atoms in total. The van der Waals surface area contributed by atoms with E-state index in [2.05, 4.69) is 15.3 Å². The molecule has 8 heteroatoms. The first-order valence-electron chi connectivity index (χ1n) is 9.82. The van der Waals surface area contributed by atoms with Crippen LogP contribution in [0.5, 0.6) is 0 Å². The lowest BCUT2D eigenvalue weighted by Crippen LogP contribution is -2.46. The third kappa shape index (κ3) is 4.52. The van der Waals surface area contributed by atoms with Crippen LogP contribution in [0.4, 0.5) is 5.00 Å². The van der Waals surface area contributed by atoms with Gasteiger partial charge in [-0.1, -0.05) is 36.6 Å². The van der Waals surface area contributed by atoms with Crippen molar-refractivity contribution < 1.29 is 9.59 Å². The molecule has 30 heavy (non-hydrogen) atoms. The number of nitrogens with zero attached hydrogens (tertiary/aromatic N) is 3. The number of hydrogen-bond donors (Lipinski definition) is 1. The van der Waals surface area contributed by atoms with E-state index in [1.54, 1.807) is 24.3 Å². The first-order chi connectivity index (χ1) is 14.6. The van der Waals surface area contributed by atoms with Crippen molar-refractivity contribution in [3.8, 4) is 0 Å². The first kappa shape index (κ1) is 20.5. The number of amides is 2.